The zero-order valence-electron chi connectivity index (χ0n) is 12.5. The van der Waals surface area contributed by atoms with Crippen molar-refractivity contribution in [3.63, 3.8) is 0 Å². The van der Waals surface area contributed by atoms with Crippen molar-refractivity contribution < 1.29 is 0 Å². The van der Waals surface area contributed by atoms with E-state index in [2.05, 4.69) is 45.0 Å². The molecule has 0 aromatic heterocycles. The zero-order valence-corrected chi connectivity index (χ0v) is 12.5. The third-order valence-electron chi connectivity index (χ3n) is 4.29. The highest BCUT2D eigenvalue weighted by Gasteiger charge is 2.24. The van der Waals surface area contributed by atoms with Gasteiger partial charge in [0.2, 0.25) is 0 Å². The van der Waals surface area contributed by atoms with Gasteiger partial charge in [0, 0.05) is 18.6 Å². The first-order chi connectivity index (χ1) is 8.04. The molecule has 0 radical (unpaired) electrons. The maximum absolute atomic E-state index is 3.62. The van der Waals surface area contributed by atoms with Crippen LogP contribution in [0.4, 0.5) is 0 Å². The Balaban J connectivity index is 2.42. The Morgan fingerprint density at radius 2 is 2.00 bits per heavy atom. The second kappa shape index (κ2) is 7.38. The maximum Gasteiger partial charge on any atom is 0.0217 e. The van der Waals surface area contributed by atoms with Crippen LogP contribution in [0.5, 0.6) is 0 Å². The molecule has 1 aliphatic carbocycles. The molecule has 2 nitrogen and oxygen atoms in total. The molecule has 3 unspecified atom stereocenters. The molecule has 0 aromatic rings. The van der Waals surface area contributed by atoms with Gasteiger partial charge in [0.25, 0.3) is 0 Å². The highest BCUT2D eigenvalue weighted by Crippen LogP contribution is 2.26. The van der Waals surface area contributed by atoms with Gasteiger partial charge in [-0.15, -0.1) is 0 Å². The number of likely N-dealkylation sites (N-methyl/N-ethyl adjacent to an activating group) is 2. The lowest BCUT2D eigenvalue weighted by Gasteiger charge is -2.37. The molecule has 1 aliphatic rings. The zero-order chi connectivity index (χ0) is 12.8. The van der Waals surface area contributed by atoms with Crippen LogP contribution < -0.4 is 5.32 Å². The summed E-state index contributed by atoms with van der Waals surface area (Å²) < 4.78 is 0. The van der Waals surface area contributed by atoms with E-state index in [9.17, 15) is 0 Å². The van der Waals surface area contributed by atoms with Crippen molar-refractivity contribution in [1.29, 1.82) is 0 Å². The topological polar surface area (TPSA) is 15.3 Å². The third-order valence-corrected chi connectivity index (χ3v) is 4.29. The molecule has 17 heavy (non-hydrogen) atoms. The summed E-state index contributed by atoms with van der Waals surface area (Å²) in [7, 11) is 2.31. The summed E-state index contributed by atoms with van der Waals surface area (Å²) in [6.07, 6.45) is 5.65. The van der Waals surface area contributed by atoms with Crippen LogP contribution >= 0.6 is 0 Å². The average Bonchev–Trinajstić information content (AvgIpc) is 2.28. The highest BCUT2D eigenvalue weighted by atomic mass is 15.2. The number of rotatable bonds is 6. The van der Waals surface area contributed by atoms with Gasteiger partial charge in [0.05, 0.1) is 0 Å². The van der Waals surface area contributed by atoms with Crippen LogP contribution in [-0.4, -0.2) is 37.1 Å². The van der Waals surface area contributed by atoms with Crippen LogP contribution in [0.15, 0.2) is 0 Å². The molecule has 0 amide bonds. The predicted molar refractivity (Wildman–Crippen MR) is 76.4 cm³/mol. The van der Waals surface area contributed by atoms with Crippen LogP contribution in [0, 0.1) is 11.8 Å². The largest absolute Gasteiger partial charge is 0.313 e. The van der Waals surface area contributed by atoms with Crippen molar-refractivity contribution >= 4 is 0 Å². The second-order valence-electron chi connectivity index (χ2n) is 6.27. The molecule has 1 fully saturated rings. The molecule has 102 valence electrons. The minimum Gasteiger partial charge on any atom is -0.313 e. The molecule has 0 bridgehead atoms. The van der Waals surface area contributed by atoms with Crippen LogP contribution in [0.25, 0.3) is 0 Å². The first-order valence-corrected chi connectivity index (χ1v) is 7.48. The molecular weight excluding hydrogens is 208 g/mol. The van der Waals surface area contributed by atoms with E-state index in [1.165, 1.54) is 32.2 Å². The number of nitrogens with one attached hydrogen (secondary N) is 1. The van der Waals surface area contributed by atoms with E-state index in [-0.39, 0.29) is 0 Å². The van der Waals surface area contributed by atoms with Gasteiger partial charge in [0.1, 0.15) is 0 Å². The van der Waals surface area contributed by atoms with Gasteiger partial charge in [-0.05, 0) is 38.3 Å². The first kappa shape index (κ1) is 15.0. The lowest BCUT2D eigenvalue weighted by molar-refractivity contribution is 0.141. The van der Waals surface area contributed by atoms with Gasteiger partial charge >= 0.3 is 0 Å². The predicted octanol–water partition coefficient (Wildman–Crippen LogP) is 3.13. The monoisotopic (exact) mass is 240 g/mol. The average molecular weight is 240 g/mol. The SMILES string of the molecule is CCNC(CN(C)C1CCCC(C)C1)C(C)C. The molecule has 0 heterocycles. The van der Waals surface area contributed by atoms with Gasteiger partial charge in [0.15, 0.2) is 0 Å². The minimum absolute atomic E-state index is 0.641. The van der Waals surface area contributed by atoms with Crippen molar-refractivity contribution in [2.24, 2.45) is 11.8 Å². The molecule has 1 N–H and O–H groups in total. The fourth-order valence-electron chi connectivity index (χ4n) is 3.04. The van der Waals surface area contributed by atoms with Gasteiger partial charge in [-0.3, -0.25) is 0 Å². The van der Waals surface area contributed by atoms with E-state index in [4.69, 9.17) is 0 Å². The standard InChI is InChI=1S/C15H32N2/c1-6-16-15(12(2)3)11-17(5)14-9-7-8-13(4)10-14/h12-16H,6-11H2,1-5H3. The van der Waals surface area contributed by atoms with Gasteiger partial charge in [-0.2, -0.15) is 0 Å². The first-order valence-electron chi connectivity index (χ1n) is 7.48. The van der Waals surface area contributed by atoms with E-state index >= 15 is 0 Å². The fourth-order valence-corrected chi connectivity index (χ4v) is 3.04. The van der Waals surface area contributed by atoms with Crippen molar-refractivity contribution in [1.82, 2.24) is 10.2 Å². The number of nitrogens with zero attached hydrogens (tertiary/aromatic N) is 1. The molecule has 0 saturated heterocycles. The van der Waals surface area contributed by atoms with Crippen molar-refractivity contribution in [2.45, 2.75) is 65.5 Å². The molecule has 0 aliphatic heterocycles. The Morgan fingerprint density at radius 1 is 1.29 bits per heavy atom. The number of hydrogen-bond acceptors (Lipinski definition) is 2. The molecule has 3 atom stereocenters. The van der Waals surface area contributed by atoms with Crippen molar-refractivity contribution in [3.8, 4) is 0 Å². The molecule has 2 heteroatoms. The second-order valence-corrected chi connectivity index (χ2v) is 6.27. The Bertz CT molecular complexity index is 203. The van der Waals surface area contributed by atoms with Crippen LogP contribution in [0.3, 0.4) is 0 Å². The van der Waals surface area contributed by atoms with Crippen molar-refractivity contribution in [2.75, 3.05) is 20.1 Å². The van der Waals surface area contributed by atoms with Crippen LogP contribution in [-0.2, 0) is 0 Å². The summed E-state index contributed by atoms with van der Waals surface area (Å²) in [5.41, 5.74) is 0. The molecule has 1 saturated carbocycles. The summed E-state index contributed by atoms with van der Waals surface area (Å²) >= 11 is 0. The van der Waals surface area contributed by atoms with E-state index in [0.717, 1.165) is 24.4 Å². The molecule has 0 spiro atoms. The Morgan fingerprint density at radius 3 is 2.53 bits per heavy atom. The summed E-state index contributed by atoms with van der Waals surface area (Å²) in [5.74, 6) is 1.64. The third kappa shape index (κ3) is 4.97. The summed E-state index contributed by atoms with van der Waals surface area (Å²) in [6.45, 7) is 11.5. The Labute approximate surface area is 108 Å². The van der Waals surface area contributed by atoms with Gasteiger partial charge < -0.3 is 10.2 Å². The molecule has 0 aromatic carbocycles. The minimum atomic E-state index is 0.641. The highest BCUT2D eigenvalue weighted by molar-refractivity contribution is 4.81. The quantitative estimate of drug-likeness (QED) is 0.767. The lowest BCUT2D eigenvalue weighted by Crippen LogP contribution is -2.47. The van der Waals surface area contributed by atoms with E-state index < -0.39 is 0 Å². The smallest absolute Gasteiger partial charge is 0.0217 e. The lowest BCUT2D eigenvalue weighted by atomic mass is 9.86. The maximum atomic E-state index is 3.62. The number of hydrogen-bond donors (Lipinski definition) is 1. The van der Waals surface area contributed by atoms with Gasteiger partial charge in [-0.25, -0.2) is 0 Å². The fraction of sp³-hybridized carbons (Fsp3) is 1.00. The van der Waals surface area contributed by atoms with Gasteiger partial charge in [-0.1, -0.05) is 40.5 Å². The molecular formula is C15H32N2. The van der Waals surface area contributed by atoms with Crippen LogP contribution in [0.1, 0.15) is 53.4 Å². The summed E-state index contributed by atoms with van der Waals surface area (Å²) in [4.78, 5) is 2.60. The normalized spacial score (nSPS) is 27.7. The summed E-state index contributed by atoms with van der Waals surface area (Å²) in [6, 6.07) is 1.46. The Hall–Kier alpha value is -0.0800. The van der Waals surface area contributed by atoms with Crippen LogP contribution in [0.2, 0.25) is 0 Å². The Kier molecular flexibility index (Phi) is 6.50. The molecule has 1 rings (SSSR count). The van der Waals surface area contributed by atoms with E-state index in [1.807, 2.05) is 0 Å². The summed E-state index contributed by atoms with van der Waals surface area (Å²) in [5, 5.41) is 3.62. The van der Waals surface area contributed by atoms with E-state index in [0.29, 0.717) is 6.04 Å². The van der Waals surface area contributed by atoms with Crippen molar-refractivity contribution in [3.05, 3.63) is 0 Å². The van der Waals surface area contributed by atoms with E-state index in [1.54, 1.807) is 0 Å².